The largest absolute Gasteiger partial charge is 0.385 e. The van der Waals surface area contributed by atoms with Crippen molar-refractivity contribution in [2.75, 3.05) is 26.8 Å². The first-order valence-corrected chi connectivity index (χ1v) is 9.63. The molecular formula is C20H24N6O3. The molecule has 1 atom stereocenters. The first kappa shape index (κ1) is 19.3. The maximum Gasteiger partial charge on any atom is 0.289 e. The Morgan fingerprint density at radius 2 is 2.14 bits per heavy atom. The van der Waals surface area contributed by atoms with Crippen molar-refractivity contribution in [3.05, 3.63) is 48.6 Å². The lowest BCUT2D eigenvalue weighted by Gasteiger charge is -2.40. The van der Waals surface area contributed by atoms with Crippen molar-refractivity contribution < 1.29 is 14.1 Å². The van der Waals surface area contributed by atoms with Gasteiger partial charge in [-0.3, -0.25) is 9.78 Å². The third kappa shape index (κ3) is 3.77. The molecule has 9 heteroatoms. The molecular weight excluding hydrogens is 372 g/mol. The standard InChI is InChI=1S/C20H24N6O3/c1-25-12-10-22-16(25)18(27)26-11-3-6-20(14-26,7-13-28-2)19-23-17(29-24-19)15-4-8-21-9-5-15/h4-5,8-10,12H,3,6-7,11,13-14H2,1-2H3. The highest BCUT2D eigenvalue weighted by Crippen LogP contribution is 2.37. The van der Waals surface area contributed by atoms with Gasteiger partial charge in [0, 0.05) is 64.2 Å². The van der Waals surface area contributed by atoms with Gasteiger partial charge in [0.2, 0.25) is 0 Å². The number of imidazole rings is 1. The highest BCUT2D eigenvalue weighted by atomic mass is 16.5. The number of amides is 1. The zero-order chi connectivity index (χ0) is 20.3. The second kappa shape index (κ2) is 8.12. The molecule has 29 heavy (non-hydrogen) atoms. The highest BCUT2D eigenvalue weighted by molar-refractivity contribution is 5.91. The predicted molar refractivity (Wildman–Crippen MR) is 104 cm³/mol. The highest BCUT2D eigenvalue weighted by Gasteiger charge is 2.43. The van der Waals surface area contributed by atoms with Crippen LogP contribution in [0.15, 0.2) is 41.4 Å². The summed E-state index contributed by atoms with van der Waals surface area (Å²) in [4.78, 5) is 27.8. The van der Waals surface area contributed by atoms with E-state index >= 15 is 0 Å². The minimum absolute atomic E-state index is 0.0863. The Morgan fingerprint density at radius 3 is 2.86 bits per heavy atom. The van der Waals surface area contributed by atoms with Gasteiger partial charge in [0.05, 0.1) is 5.41 Å². The van der Waals surface area contributed by atoms with Crippen molar-refractivity contribution in [2.24, 2.45) is 7.05 Å². The van der Waals surface area contributed by atoms with E-state index in [0.717, 1.165) is 18.4 Å². The molecule has 3 aromatic heterocycles. The van der Waals surface area contributed by atoms with Gasteiger partial charge in [-0.15, -0.1) is 0 Å². The number of pyridine rings is 1. The summed E-state index contributed by atoms with van der Waals surface area (Å²) in [5.41, 5.74) is 0.390. The summed E-state index contributed by atoms with van der Waals surface area (Å²) in [5.74, 6) is 1.40. The normalized spacial score (nSPS) is 19.4. The maximum absolute atomic E-state index is 13.0. The zero-order valence-electron chi connectivity index (χ0n) is 16.6. The van der Waals surface area contributed by atoms with E-state index in [4.69, 9.17) is 9.26 Å². The van der Waals surface area contributed by atoms with E-state index in [2.05, 4.69) is 20.1 Å². The van der Waals surface area contributed by atoms with Crippen molar-refractivity contribution in [1.82, 2.24) is 29.6 Å². The van der Waals surface area contributed by atoms with Gasteiger partial charge in [0.1, 0.15) is 0 Å². The van der Waals surface area contributed by atoms with Crippen molar-refractivity contribution in [3.63, 3.8) is 0 Å². The topological polar surface area (TPSA) is 99.2 Å². The van der Waals surface area contributed by atoms with Crippen LogP contribution in [0.25, 0.3) is 11.5 Å². The van der Waals surface area contributed by atoms with Gasteiger partial charge in [-0.1, -0.05) is 5.16 Å². The average Bonchev–Trinajstić information content (AvgIpc) is 3.42. The summed E-state index contributed by atoms with van der Waals surface area (Å²) in [6, 6.07) is 3.66. The van der Waals surface area contributed by atoms with Crippen LogP contribution < -0.4 is 0 Å². The molecule has 0 spiro atoms. The monoisotopic (exact) mass is 396 g/mol. The Bertz CT molecular complexity index is 970. The number of rotatable bonds is 6. The van der Waals surface area contributed by atoms with Crippen molar-refractivity contribution in [1.29, 1.82) is 0 Å². The number of hydrogen-bond acceptors (Lipinski definition) is 7. The fraction of sp³-hybridized carbons (Fsp3) is 0.450. The Hall–Kier alpha value is -3.07. The van der Waals surface area contributed by atoms with E-state index in [1.807, 2.05) is 24.1 Å². The SMILES string of the molecule is COCCC1(c2noc(-c3ccncc3)n2)CCCN(C(=O)c2nccn2C)C1. The van der Waals surface area contributed by atoms with Crippen LogP contribution in [-0.4, -0.2) is 62.3 Å². The van der Waals surface area contributed by atoms with Crippen LogP contribution >= 0.6 is 0 Å². The van der Waals surface area contributed by atoms with Crippen LogP contribution in [0, 0.1) is 0 Å². The summed E-state index contributed by atoms with van der Waals surface area (Å²) in [6.45, 7) is 1.72. The van der Waals surface area contributed by atoms with Crippen LogP contribution in [0.1, 0.15) is 35.7 Å². The van der Waals surface area contributed by atoms with Gasteiger partial charge in [-0.2, -0.15) is 4.98 Å². The fourth-order valence-corrected chi connectivity index (χ4v) is 3.86. The third-order valence-corrected chi connectivity index (χ3v) is 5.49. The number of nitrogens with zero attached hydrogens (tertiary/aromatic N) is 6. The van der Waals surface area contributed by atoms with Crippen molar-refractivity contribution in [2.45, 2.75) is 24.7 Å². The molecule has 0 radical (unpaired) electrons. The number of methoxy groups -OCH3 is 1. The van der Waals surface area contributed by atoms with E-state index in [-0.39, 0.29) is 5.91 Å². The second-order valence-corrected chi connectivity index (χ2v) is 7.37. The Kier molecular flexibility index (Phi) is 5.39. The molecule has 0 bridgehead atoms. The Balaban J connectivity index is 1.64. The van der Waals surface area contributed by atoms with Crippen LogP contribution in [-0.2, 0) is 17.2 Å². The van der Waals surface area contributed by atoms with E-state index in [9.17, 15) is 4.79 Å². The number of aromatic nitrogens is 5. The summed E-state index contributed by atoms with van der Waals surface area (Å²) >= 11 is 0. The molecule has 1 unspecified atom stereocenters. The molecule has 3 aromatic rings. The number of aryl methyl sites for hydroxylation is 1. The van der Waals surface area contributed by atoms with Gasteiger partial charge in [0.25, 0.3) is 11.8 Å². The average molecular weight is 396 g/mol. The van der Waals surface area contributed by atoms with E-state index in [1.54, 1.807) is 36.5 Å². The van der Waals surface area contributed by atoms with Crippen LogP contribution in [0.2, 0.25) is 0 Å². The molecule has 1 saturated heterocycles. The molecule has 1 amide bonds. The number of carbonyl (C=O) groups excluding carboxylic acids is 1. The Morgan fingerprint density at radius 1 is 1.31 bits per heavy atom. The smallest absolute Gasteiger partial charge is 0.289 e. The van der Waals surface area contributed by atoms with Gasteiger partial charge >= 0.3 is 0 Å². The summed E-state index contributed by atoms with van der Waals surface area (Å²) < 4.78 is 12.6. The summed E-state index contributed by atoms with van der Waals surface area (Å²) in [6.07, 6.45) is 9.19. The maximum atomic E-state index is 13.0. The van der Waals surface area contributed by atoms with E-state index in [1.165, 1.54) is 0 Å². The molecule has 0 aromatic carbocycles. The number of carbonyl (C=O) groups is 1. The second-order valence-electron chi connectivity index (χ2n) is 7.37. The molecule has 1 aliphatic heterocycles. The minimum Gasteiger partial charge on any atom is -0.385 e. The molecule has 1 fully saturated rings. The molecule has 0 saturated carbocycles. The number of ether oxygens (including phenoxy) is 1. The molecule has 4 heterocycles. The van der Waals surface area contributed by atoms with Gasteiger partial charge < -0.3 is 18.7 Å². The van der Waals surface area contributed by atoms with Crippen LogP contribution in [0.5, 0.6) is 0 Å². The number of hydrogen-bond donors (Lipinski definition) is 0. The van der Waals surface area contributed by atoms with Gasteiger partial charge in [-0.05, 0) is 31.4 Å². The minimum atomic E-state index is -0.427. The van der Waals surface area contributed by atoms with Crippen molar-refractivity contribution in [3.8, 4) is 11.5 Å². The lowest BCUT2D eigenvalue weighted by Crippen LogP contribution is -2.50. The van der Waals surface area contributed by atoms with E-state index in [0.29, 0.717) is 43.7 Å². The van der Waals surface area contributed by atoms with E-state index < -0.39 is 5.41 Å². The molecule has 0 N–H and O–H groups in total. The lowest BCUT2D eigenvalue weighted by molar-refractivity contribution is 0.0552. The summed E-state index contributed by atoms with van der Waals surface area (Å²) in [7, 11) is 3.49. The lowest BCUT2D eigenvalue weighted by atomic mass is 9.76. The number of piperidine rings is 1. The fourth-order valence-electron chi connectivity index (χ4n) is 3.86. The first-order valence-electron chi connectivity index (χ1n) is 9.63. The van der Waals surface area contributed by atoms with Crippen LogP contribution in [0.4, 0.5) is 0 Å². The first-order chi connectivity index (χ1) is 14.1. The third-order valence-electron chi connectivity index (χ3n) is 5.49. The van der Waals surface area contributed by atoms with Gasteiger partial charge in [0.15, 0.2) is 11.6 Å². The molecule has 152 valence electrons. The molecule has 9 nitrogen and oxygen atoms in total. The van der Waals surface area contributed by atoms with Crippen LogP contribution in [0.3, 0.4) is 0 Å². The molecule has 1 aliphatic rings. The number of likely N-dealkylation sites (tertiary alicyclic amines) is 1. The quantitative estimate of drug-likeness (QED) is 0.629. The van der Waals surface area contributed by atoms with Gasteiger partial charge in [-0.25, -0.2) is 4.98 Å². The predicted octanol–water partition coefficient (Wildman–Crippen LogP) is 2.08. The molecule has 4 rings (SSSR count). The van der Waals surface area contributed by atoms with Crippen molar-refractivity contribution >= 4 is 5.91 Å². The summed E-state index contributed by atoms with van der Waals surface area (Å²) in [5, 5.41) is 4.29. The molecule has 0 aliphatic carbocycles. The Labute approximate surface area is 168 Å². The zero-order valence-corrected chi connectivity index (χ0v) is 16.6.